The van der Waals surface area contributed by atoms with Gasteiger partial charge < -0.3 is 10.0 Å². The van der Waals surface area contributed by atoms with E-state index in [2.05, 4.69) is 5.10 Å². The van der Waals surface area contributed by atoms with E-state index in [0.717, 1.165) is 11.6 Å². The molecule has 5 nitrogen and oxygen atoms in total. The number of aromatic nitrogens is 2. The third-order valence-electron chi connectivity index (χ3n) is 3.94. The zero-order chi connectivity index (χ0) is 16.8. The fourth-order valence-corrected chi connectivity index (χ4v) is 2.61. The summed E-state index contributed by atoms with van der Waals surface area (Å²) in [6, 6.07) is 7.99. The normalized spacial score (nSPS) is 15.6. The van der Waals surface area contributed by atoms with Crippen molar-refractivity contribution in [2.75, 3.05) is 13.1 Å². The highest BCUT2D eigenvalue weighted by Gasteiger charge is 2.35. The second-order valence-electron chi connectivity index (χ2n) is 5.56. The van der Waals surface area contributed by atoms with Crippen molar-refractivity contribution in [3.8, 4) is 5.69 Å². The Morgan fingerprint density at radius 1 is 1.26 bits per heavy atom. The van der Waals surface area contributed by atoms with Gasteiger partial charge in [-0.1, -0.05) is 12.1 Å². The highest BCUT2D eigenvalue weighted by atomic mass is 19.4. The van der Waals surface area contributed by atoms with Crippen LogP contribution < -0.4 is 0 Å². The van der Waals surface area contributed by atoms with Crippen molar-refractivity contribution in [3.63, 3.8) is 0 Å². The molecule has 1 fully saturated rings. The summed E-state index contributed by atoms with van der Waals surface area (Å²) < 4.78 is 39.3. The van der Waals surface area contributed by atoms with E-state index in [1.54, 1.807) is 31.2 Å². The lowest BCUT2D eigenvalue weighted by Crippen LogP contribution is -2.47. The number of hydrogen-bond acceptors (Lipinski definition) is 2. The largest absolute Gasteiger partial charge is 0.465 e. The molecule has 0 bridgehead atoms. The Balaban J connectivity index is 1.78. The standard InChI is InChI=1S/C15H14F3N3O2/c1-9-6-13(15(16,17)18)19-21(9)12-4-2-10(3-5-12)11-7-20(8-11)14(22)23/h2-6,11H,7-8H2,1H3,(H,22,23). The van der Waals surface area contributed by atoms with Gasteiger partial charge >= 0.3 is 12.3 Å². The first-order valence-corrected chi connectivity index (χ1v) is 6.98. The first-order chi connectivity index (χ1) is 10.8. The summed E-state index contributed by atoms with van der Waals surface area (Å²) >= 11 is 0. The molecule has 3 rings (SSSR count). The number of hydrogen-bond donors (Lipinski definition) is 1. The zero-order valence-electron chi connectivity index (χ0n) is 12.2. The number of aryl methyl sites for hydroxylation is 1. The minimum Gasteiger partial charge on any atom is -0.465 e. The maximum Gasteiger partial charge on any atom is 0.435 e. The number of nitrogens with zero attached hydrogens (tertiary/aromatic N) is 3. The van der Waals surface area contributed by atoms with Gasteiger partial charge in [-0.05, 0) is 30.7 Å². The molecule has 122 valence electrons. The molecule has 1 aromatic heterocycles. The third kappa shape index (κ3) is 2.88. The van der Waals surface area contributed by atoms with E-state index in [9.17, 15) is 18.0 Å². The molecule has 23 heavy (non-hydrogen) atoms. The maximum atomic E-state index is 12.7. The zero-order valence-corrected chi connectivity index (χ0v) is 12.2. The summed E-state index contributed by atoms with van der Waals surface area (Å²) in [7, 11) is 0. The molecular formula is C15H14F3N3O2. The summed E-state index contributed by atoms with van der Waals surface area (Å²) in [6.07, 6.45) is -5.41. The van der Waals surface area contributed by atoms with Gasteiger partial charge in [0.25, 0.3) is 0 Å². The van der Waals surface area contributed by atoms with Gasteiger partial charge in [-0.2, -0.15) is 18.3 Å². The van der Waals surface area contributed by atoms with Gasteiger partial charge in [0, 0.05) is 24.7 Å². The summed E-state index contributed by atoms with van der Waals surface area (Å²) in [5.74, 6) is 0.129. The molecule has 1 aromatic carbocycles. The Hall–Kier alpha value is -2.51. The van der Waals surface area contributed by atoms with Gasteiger partial charge in [0.15, 0.2) is 5.69 Å². The Morgan fingerprint density at radius 2 is 1.87 bits per heavy atom. The van der Waals surface area contributed by atoms with Crippen molar-refractivity contribution < 1.29 is 23.1 Å². The maximum absolute atomic E-state index is 12.7. The van der Waals surface area contributed by atoms with E-state index in [1.165, 1.54) is 9.58 Å². The van der Waals surface area contributed by atoms with Crippen LogP contribution in [0.3, 0.4) is 0 Å². The van der Waals surface area contributed by atoms with E-state index in [0.29, 0.717) is 24.5 Å². The first-order valence-electron chi connectivity index (χ1n) is 6.98. The molecular weight excluding hydrogens is 311 g/mol. The van der Waals surface area contributed by atoms with Gasteiger partial charge in [0.2, 0.25) is 0 Å². The van der Waals surface area contributed by atoms with Crippen LogP contribution in [-0.4, -0.2) is 39.0 Å². The average Bonchev–Trinajstić information content (AvgIpc) is 2.79. The van der Waals surface area contributed by atoms with Crippen LogP contribution in [0.5, 0.6) is 0 Å². The van der Waals surface area contributed by atoms with Crippen LogP contribution >= 0.6 is 0 Å². The van der Waals surface area contributed by atoms with Crippen LogP contribution in [0, 0.1) is 6.92 Å². The van der Waals surface area contributed by atoms with Gasteiger partial charge in [0.05, 0.1) is 5.69 Å². The highest BCUT2D eigenvalue weighted by Crippen LogP contribution is 2.30. The Bertz CT molecular complexity index is 731. The highest BCUT2D eigenvalue weighted by molar-refractivity contribution is 5.66. The van der Waals surface area contributed by atoms with E-state index in [1.807, 2.05) is 0 Å². The SMILES string of the molecule is Cc1cc(C(F)(F)F)nn1-c1ccc(C2CN(C(=O)O)C2)cc1. The molecule has 0 radical (unpaired) electrons. The van der Waals surface area contributed by atoms with Crippen molar-refractivity contribution in [3.05, 3.63) is 47.3 Å². The third-order valence-corrected chi connectivity index (χ3v) is 3.94. The van der Waals surface area contributed by atoms with Crippen molar-refractivity contribution >= 4 is 6.09 Å². The predicted octanol–water partition coefficient (Wildman–Crippen LogP) is 3.28. The van der Waals surface area contributed by atoms with Crippen LogP contribution in [0.1, 0.15) is 22.9 Å². The molecule has 0 aliphatic carbocycles. The molecule has 1 N–H and O–H groups in total. The van der Waals surface area contributed by atoms with Crippen molar-refractivity contribution in [2.45, 2.75) is 19.0 Å². The molecule has 0 unspecified atom stereocenters. The Morgan fingerprint density at radius 3 is 2.35 bits per heavy atom. The number of benzene rings is 1. The molecule has 0 atom stereocenters. The predicted molar refractivity (Wildman–Crippen MR) is 75.6 cm³/mol. The Kier molecular flexibility index (Phi) is 3.54. The minimum atomic E-state index is -4.47. The first kappa shape index (κ1) is 15.4. The number of likely N-dealkylation sites (tertiary alicyclic amines) is 1. The van der Waals surface area contributed by atoms with E-state index in [-0.39, 0.29) is 5.92 Å². The number of rotatable bonds is 2. The molecule has 2 aromatic rings. The lowest BCUT2D eigenvalue weighted by atomic mass is 9.92. The minimum absolute atomic E-state index is 0.129. The van der Waals surface area contributed by atoms with Crippen molar-refractivity contribution in [1.29, 1.82) is 0 Å². The lowest BCUT2D eigenvalue weighted by molar-refractivity contribution is -0.141. The molecule has 0 saturated carbocycles. The summed E-state index contributed by atoms with van der Waals surface area (Å²) in [5.41, 5.74) is 0.976. The lowest BCUT2D eigenvalue weighted by Gasteiger charge is -2.37. The summed E-state index contributed by atoms with van der Waals surface area (Å²) in [5, 5.41) is 12.4. The topological polar surface area (TPSA) is 58.4 Å². The average molecular weight is 325 g/mol. The number of amides is 1. The second kappa shape index (κ2) is 5.29. The second-order valence-corrected chi connectivity index (χ2v) is 5.56. The number of carboxylic acid groups (broad SMARTS) is 1. The van der Waals surface area contributed by atoms with Gasteiger partial charge in [-0.25, -0.2) is 9.48 Å². The number of carbonyl (C=O) groups is 1. The fourth-order valence-electron chi connectivity index (χ4n) is 2.61. The smallest absolute Gasteiger partial charge is 0.435 e. The summed E-state index contributed by atoms with van der Waals surface area (Å²) in [4.78, 5) is 12.1. The molecule has 1 aliphatic rings. The van der Waals surface area contributed by atoms with Crippen LogP contribution in [0.2, 0.25) is 0 Å². The number of halogens is 3. The van der Waals surface area contributed by atoms with Crippen LogP contribution in [0.15, 0.2) is 30.3 Å². The van der Waals surface area contributed by atoms with E-state index < -0.39 is 18.0 Å². The molecule has 2 heterocycles. The molecule has 8 heteroatoms. The molecule has 1 aliphatic heterocycles. The summed E-state index contributed by atoms with van der Waals surface area (Å²) in [6.45, 7) is 2.44. The van der Waals surface area contributed by atoms with Gasteiger partial charge in [-0.3, -0.25) is 0 Å². The van der Waals surface area contributed by atoms with Crippen molar-refractivity contribution in [1.82, 2.24) is 14.7 Å². The van der Waals surface area contributed by atoms with Gasteiger partial charge in [-0.15, -0.1) is 0 Å². The van der Waals surface area contributed by atoms with Crippen molar-refractivity contribution in [2.24, 2.45) is 0 Å². The van der Waals surface area contributed by atoms with E-state index in [4.69, 9.17) is 5.11 Å². The van der Waals surface area contributed by atoms with Crippen LogP contribution in [0.4, 0.5) is 18.0 Å². The number of alkyl halides is 3. The van der Waals surface area contributed by atoms with Crippen LogP contribution in [-0.2, 0) is 6.18 Å². The van der Waals surface area contributed by atoms with Gasteiger partial charge in [0.1, 0.15) is 0 Å². The quantitative estimate of drug-likeness (QED) is 0.922. The fraction of sp³-hybridized carbons (Fsp3) is 0.333. The Labute approximate surface area is 129 Å². The van der Waals surface area contributed by atoms with E-state index >= 15 is 0 Å². The van der Waals surface area contributed by atoms with Crippen LogP contribution in [0.25, 0.3) is 5.69 Å². The molecule has 1 saturated heterocycles. The monoisotopic (exact) mass is 325 g/mol. The molecule has 0 spiro atoms. The molecule has 1 amide bonds.